The molecule has 0 aliphatic heterocycles. The number of nitrogens with zero attached hydrogens (tertiary/aromatic N) is 2. The van der Waals surface area contributed by atoms with Crippen molar-refractivity contribution in [1.82, 2.24) is 4.90 Å². The van der Waals surface area contributed by atoms with Gasteiger partial charge in [0.15, 0.2) is 0 Å². The summed E-state index contributed by atoms with van der Waals surface area (Å²) < 4.78 is 5.30. The van der Waals surface area contributed by atoms with Crippen LogP contribution in [0, 0.1) is 0 Å². The number of benzene rings is 2. The van der Waals surface area contributed by atoms with Gasteiger partial charge in [-0.05, 0) is 23.8 Å². The van der Waals surface area contributed by atoms with Crippen LogP contribution in [0.3, 0.4) is 0 Å². The van der Waals surface area contributed by atoms with Gasteiger partial charge in [-0.25, -0.2) is 0 Å². The molecule has 2 aromatic carbocycles. The first-order valence-electron chi connectivity index (χ1n) is 7.63. The molecule has 0 radical (unpaired) electrons. The van der Waals surface area contributed by atoms with E-state index in [9.17, 15) is 4.79 Å². The van der Waals surface area contributed by atoms with Crippen molar-refractivity contribution in [3.63, 3.8) is 0 Å². The lowest BCUT2D eigenvalue weighted by Gasteiger charge is -2.19. The van der Waals surface area contributed by atoms with E-state index >= 15 is 0 Å². The van der Waals surface area contributed by atoms with Crippen molar-refractivity contribution in [3.8, 4) is 5.75 Å². The molecule has 23 heavy (non-hydrogen) atoms. The topological polar surface area (TPSA) is 32.8 Å². The van der Waals surface area contributed by atoms with Crippen molar-refractivity contribution in [3.05, 3.63) is 59.7 Å². The minimum atomic E-state index is 0.0752. The molecule has 0 fully saturated rings. The molecule has 1 amide bonds. The Morgan fingerprint density at radius 3 is 2.26 bits per heavy atom. The van der Waals surface area contributed by atoms with Gasteiger partial charge >= 0.3 is 0 Å². The number of hydrogen-bond acceptors (Lipinski definition) is 3. The van der Waals surface area contributed by atoms with Gasteiger partial charge in [-0.3, -0.25) is 4.79 Å². The van der Waals surface area contributed by atoms with E-state index in [1.165, 1.54) is 0 Å². The first-order chi connectivity index (χ1) is 11.0. The van der Waals surface area contributed by atoms with Gasteiger partial charge in [0.1, 0.15) is 5.75 Å². The largest absolute Gasteiger partial charge is 0.496 e. The SMILES string of the molecule is COc1ccccc1CC(=O)N(C)Cc1ccc(N(C)C)cc1. The number of anilines is 1. The molecule has 0 saturated heterocycles. The highest BCUT2D eigenvalue weighted by Gasteiger charge is 2.13. The third-order valence-corrected chi connectivity index (χ3v) is 3.83. The van der Waals surface area contributed by atoms with Crippen LogP contribution >= 0.6 is 0 Å². The number of rotatable bonds is 6. The van der Waals surface area contributed by atoms with Crippen LogP contribution in [0.25, 0.3) is 0 Å². The molecule has 2 aromatic rings. The Morgan fingerprint density at radius 1 is 1.00 bits per heavy atom. The van der Waals surface area contributed by atoms with E-state index in [0.717, 1.165) is 22.6 Å². The number of hydrogen-bond donors (Lipinski definition) is 0. The zero-order valence-corrected chi connectivity index (χ0v) is 14.2. The Bertz CT molecular complexity index is 651. The number of para-hydroxylation sites is 1. The van der Waals surface area contributed by atoms with E-state index in [1.54, 1.807) is 12.0 Å². The van der Waals surface area contributed by atoms with Gasteiger partial charge in [-0.1, -0.05) is 30.3 Å². The Labute approximate surface area is 138 Å². The molecule has 0 aromatic heterocycles. The highest BCUT2D eigenvalue weighted by atomic mass is 16.5. The molecule has 0 aliphatic rings. The number of likely N-dealkylation sites (N-methyl/N-ethyl adjacent to an activating group) is 1. The lowest BCUT2D eigenvalue weighted by Crippen LogP contribution is -2.27. The van der Waals surface area contributed by atoms with Gasteiger partial charge in [0.2, 0.25) is 5.91 Å². The van der Waals surface area contributed by atoms with Gasteiger partial charge in [0.25, 0.3) is 0 Å². The zero-order chi connectivity index (χ0) is 16.8. The normalized spacial score (nSPS) is 10.3. The maximum atomic E-state index is 12.4. The lowest BCUT2D eigenvalue weighted by molar-refractivity contribution is -0.129. The molecule has 0 saturated carbocycles. The first-order valence-corrected chi connectivity index (χ1v) is 7.63. The van der Waals surface area contributed by atoms with Crippen molar-refractivity contribution in [2.45, 2.75) is 13.0 Å². The average Bonchev–Trinajstić information content (AvgIpc) is 2.55. The second-order valence-corrected chi connectivity index (χ2v) is 5.80. The van der Waals surface area contributed by atoms with E-state index in [2.05, 4.69) is 29.2 Å². The Hall–Kier alpha value is -2.49. The molecule has 0 bridgehead atoms. The van der Waals surface area contributed by atoms with Crippen LogP contribution in [0.4, 0.5) is 5.69 Å². The molecule has 0 heterocycles. The standard InChI is InChI=1S/C19H24N2O2/c1-20(2)17-11-9-15(10-12-17)14-21(3)19(22)13-16-7-5-6-8-18(16)23-4/h5-12H,13-14H2,1-4H3. The number of carbonyl (C=O) groups is 1. The Kier molecular flexibility index (Phi) is 5.63. The molecule has 0 unspecified atom stereocenters. The molecule has 4 nitrogen and oxygen atoms in total. The first kappa shape index (κ1) is 16.9. The molecule has 4 heteroatoms. The summed E-state index contributed by atoms with van der Waals surface area (Å²) in [7, 11) is 7.48. The van der Waals surface area contributed by atoms with E-state index in [-0.39, 0.29) is 5.91 Å². The predicted octanol–water partition coefficient (Wildman–Crippen LogP) is 2.96. The smallest absolute Gasteiger partial charge is 0.227 e. The number of amides is 1. The Morgan fingerprint density at radius 2 is 1.65 bits per heavy atom. The molecule has 0 N–H and O–H groups in total. The molecule has 2 rings (SSSR count). The van der Waals surface area contributed by atoms with Crippen LogP contribution in [0.5, 0.6) is 5.75 Å². The highest BCUT2D eigenvalue weighted by Crippen LogP contribution is 2.19. The summed E-state index contributed by atoms with van der Waals surface area (Å²) in [6.45, 7) is 0.599. The second-order valence-electron chi connectivity index (χ2n) is 5.80. The van der Waals surface area contributed by atoms with Crippen LogP contribution in [0.1, 0.15) is 11.1 Å². The van der Waals surface area contributed by atoms with Crippen molar-refractivity contribution < 1.29 is 9.53 Å². The van der Waals surface area contributed by atoms with Crippen molar-refractivity contribution >= 4 is 11.6 Å². The molecule has 122 valence electrons. The lowest BCUT2D eigenvalue weighted by atomic mass is 10.1. The maximum absolute atomic E-state index is 12.4. The molecular weight excluding hydrogens is 288 g/mol. The highest BCUT2D eigenvalue weighted by molar-refractivity contribution is 5.79. The Balaban J connectivity index is 1.99. The van der Waals surface area contributed by atoms with E-state index in [1.807, 2.05) is 45.4 Å². The summed E-state index contributed by atoms with van der Waals surface area (Å²) in [5.74, 6) is 0.829. The minimum absolute atomic E-state index is 0.0752. The molecule has 0 aliphatic carbocycles. The fraction of sp³-hybridized carbons (Fsp3) is 0.316. The van der Waals surface area contributed by atoms with Crippen LogP contribution in [0.2, 0.25) is 0 Å². The molecular formula is C19H24N2O2. The van der Waals surface area contributed by atoms with E-state index in [4.69, 9.17) is 4.74 Å². The quantitative estimate of drug-likeness (QED) is 0.822. The summed E-state index contributed by atoms with van der Waals surface area (Å²) in [6.07, 6.45) is 0.344. The second kappa shape index (κ2) is 7.68. The van der Waals surface area contributed by atoms with Crippen LogP contribution in [-0.4, -0.2) is 39.1 Å². The third-order valence-electron chi connectivity index (χ3n) is 3.83. The average molecular weight is 312 g/mol. The predicted molar refractivity (Wildman–Crippen MR) is 93.9 cm³/mol. The summed E-state index contributed by atoms with van der Waals surface area (Å²) in [5, 5.41) is 0. The van der Waals surface area contributed by atoms with Crippen molar-refractivity contribution in [1.29, 1.82) is 0 Å². The number of carbonyl (C=O) groups excluding carboxylic acids is 1. The maximum Gasteiger partial charge on any atom is 0.227 e. The summed E-state index contributed by atoms with van der Waals surface area (Å²) >= 11 is 0. The fourth-order valence-corrected chi connectivity index (χ4v) is 2.41. The third kappa shape index (κ3) is 4.49. The van der Waals surface area contributed by atoms with Gasteiger partial charge < -0.3 is 14.5 Å². The number of methoxy groups -OCH3 is 1. The summed E-state index contributed by atoms with van der Waals surface area (Å²) in [4.78, 5) is 16.2. The van der Waals surface area contributed by atoms with Crippen LogP contribution in [0.15, 0.2) is 48.5 Å². The summed E-state index contributed by atoms with van der Waals surface area (Å²) in [5.41, 5.74) is 3.18. The molecule has 0 spiro atoms. The van der Waals surface area contributed by atoms with E-state index in [0.29, 0.717) is 13.0 Å². The van der Waals surface area contributed by atoms with E-state index < -0.39 is 0 Å². The van der Waals surface area contributed by atoms with Gasteiger partial charge in [-0.15, -0.1) is 0 Å². The van der Waals surface area contributed by atoms with Gasteiger partial charge in [0.05, 0.1) is 13.5 Å². The van der Waals surface area contributed by atoms with Crippen LogP contribution in [-0.2, 0) is 17.8 Å². The number of ether oxygens (including phenoxy) is 1. The molecule has 0 atom stereocenters. The zero-order valence-electron chi connectivity index (χ0n) is 14.2. The van der Waals surface area contributed by atoms with Crippen LogP contribution < -0.4 is 9.64 Å². The fourth-order valence-electron chi connectivity index (χ4n) is 2.41. The van der Waals surface area contributed by atoms with Crippen molar-refractivity contribution in [2.75, 3.05) is 33.2 Å². The monoisotopic (exact) mass is 312 g/mol. The minimum Gasteiger partial charge on any atom is -0.496 e. The van der Waals surface area contributed by atoms with Crippen molar-refractivity contribution in [2.24, 2.45) is 0 Å². The summed E-state index contributed by atoms with van der Waals surface area (Å²) in [6, 6.07) is 15.9. The van der Waals surface area contributed by atoms with Gasteiger partial charge in [0, 0.05) is 38.9 Å². The van der Waals surface area contributed by atoms with Gasteiger partial charge in [-0.2, -0.15) is 0 Å².